The minimum atomic E-state index is -0.527. The zero-order chi connectivity index (χ0) is 24.4. The van der Waals surface area contributed by atoms with Crippen LogP contribution in [0.4, 0.5) is 22.7 Å². The number of hydrogen-bond acceptors (Lipinski definition) is 5. The summed E-state index contributed by atoms with van der Waals surface area (Å²) < 4.78 is 1.94. The van der Waals surface area contributed by atoms with Crippen molar-refractivity contribution in [2.75, 3.05) is 40.0 Å². The van der Waals surface area contributed by atoms with Gasteiger partial charge in [-0.25, -0.2) is 0 Å². The van der Waals surface area contributed by atoms with Gasteiger partial charge in [0.25, 0.3) is 5.91 Å². The number of halogens is 2. The molecule has 1 aromatic heterocycles. The molecule has 2 heterocycles. The molecule has 0 spiro atoms. The predicted octanol–water partition coefficient (Wildman–Crippen LogP) is 3.95. The molecule has 8 nitrogen and oxygen atoms in total. The van der Waals surface area contributed by atoms with E-state index in [-0.39, 0.29) is 12.0 Å². The molecule has 4 rings (SSSR count). The molecule has 3 aromatic rings. The van der Waals surface area contributed by atoms with E-state index >= 15 is 0 Å². The second kappa shape index (κ2) is 9.87. The minimum Gasteiger partial charge on any atom is -0.384 e. The van der Waals surface area contributed by atoms with Crippen LogP contribution >= 0.6 is 23.2 Å². The molecule has 1 atom stereocenters. The molecule has 1 amide bonds. The molecular formula is C24H27Cl2N7O. The lowest BCUT2D eigenvalue weighted by Gasteiger charge is -2.30. The van der Waals surface area contributed by atoms with Gasteiger partial charge >= 0.3 is 0 Å². The summed E-state index contributed by atoms with van der Waals surface area (Å²) in [5.74, 6) is 0.270. The van der Waals surface area contributed by atoms with Crippen LogP contribution in [0.1, 0.15) is 27.8 Å². The highest BCUT2D eigenvalue weighted by molar-refractivity contribution is 6.18. The van der Waals surface area contributed by atoms with Crippen LogP contribution in [0.3, 0.4) is 0 Å². The highest BCUT2D eigenvalue weighted by atomic mass is 35.5. The van der Waals surface area contributed by atoms with Gasteiger partial charge in [0, 0.05) is 55.0 Å². The third kappa shape index (κ3) is 4.38. The van der Waals surface area contributed by atoms with Crippen LogP contribution in [-0.4, -0.2) is 41.2 Å². The number of aromatic nitrogens is 1. The van der Waals surface area contributed by atoms with Crippen molar-refractivity contribution in [3.63, 3.8) is 0 Å². The maximum absolute atomic E-state index is 12.5. The van der Waals surface area contributed by atoms with Crippen LogP contribution in [0.5, 0.6) is 0 Å². The standard InChI is InChI=1S/C24H27Cl2N7O/c1-31-14-15(22(27)28)12-21(31)24-30-18-4-2-3-5-20(18)33(24)16-6-7-19(17(13-16)23(29)34)32(10-8-25)11-9-26/h2-7,12-14,24,30H,8-11H2,1H3,(H3,27,28)(H2,29,34). The quantitative estimate of drug-likeness (QED) is 0.202. The Morgan fingerprint density at radius 1 is 1.12 bits per heavy atom. The number of fused-ring (bicyclic) bond motifs is 1. The molecule has 1 aliphatic heterocycles. The van der Waals surface area contributed by atoms with E-state index < -0.39 is 5.91 Å². The lowest BCUT2D eigenvalue weighted by molar-refractivity contribution is 0.100. The number of aryl methyl sites for hydroxylation is 1. The van der Waals surface area contributed by atoms with E-state index in [1.165, 1.54) is 0 Å². The van der Waals surface area contributed by atoms with E-state index in [0.29, 0.717) is 41.7 Å². The van der Waals surface area contributed by atoms with Gasteiger partial charge in [0.15, 0.2) is 0 Å². The summed E-state index contributed by atoms with van der Waals surface area (Å²) in [6.45, 7) is 1.09. The van der Waals surface area contributed by atoms with Crippen molar-refractivity contribution in [3.05, 3.63) is 71.5 Å². The predicted molar refractivity (Wildman–Crippen MR) is 140 cm³/mol. The number of hydrogen-bond donors (Lipinski definition) is 4. The number of para-hydroxylation sites is 2. The number of amides is 1. The Hall–Kier alpha value is -3.36. The Morgan fingerprint density at radius 3 is 2.44 bits per heavy atom. The molecule has 0 fully saturated rings. The number of primary amides is 1. The molecule has 0 bridgehead atoms. The first kappa shape index (κ1) is 23.8. The second-order valence-corrected chi connectivity index (χ2v) is 8.80. The topological polar surface area (TPSA) is 116 Å². The number of nitrogens with zero attached hydrogens (tertiary/aromatic N) is 3. The molecule has 178 valence electrons. The van der Waals surface area contributed by atoms with E-state index in [1.54, 1.807) is 6.07 Å². The van der Waals surface area contributed by atoms with Crippen molar-refractivity contribution in [2.24, 2.45) is 18.5 Å². The van der Waals surface area contributed by atoms with Gasteiger partial charge in [0.05, 0.1) is 22.6 Å². The molecule has 0 saturated carbocycles. The molecule has 6 N–H and O–H groups in total. The fraction of sp³-hybridized carbons (Fsp3) is 0.250. The van der Waals surface area contributed by atoms with E-state index in [9.17, 15) is 4.79 Å². The Bertz CT molecular complexity index is 1220. The van der Waals surface area contributed by atoms with Gasteiger partial charge < -0.3 is 31.2 Å². The number of nitrogen functional groups attached to an aromatic ring is 1. The van der Waals surface area contributed by atoms with E-state index in [0.717, 1.165) is 22.8 Å². The minimum absolute atomic E-state index is 0.00273. The number of benzene rings is 2. The van der Waals surface area contributed by atoms with Crippen molar-refractivity contribution in [1.29, 1.82) is 5.41 Å². The molecule has 1 aliphatic rings. The zero-order valence-corrected chi connectivity index (χ0v) is 20.3. The average Bonchev–Trinajstić information content (AvgIpc) is 3.39. The Morgan fingerprint density at radius 2 is 1.82 bits per heavy atom. The number of carbonyl (C=O) groups is 1. The van der Waals surface area contributed by atoms with Gasteiger partial charge in [0.2, 0.25) is 0 Å². The summed E-state index contributed by atoms with van der Waals surface area (Å²) in [5, 5.41) is 11.4. The third-order valence-corrected chi connectivity index (χ3v) is 6.26. The SMILES string of the molecule is Cn1cc(C(=N)N)cc1C1Nc2ccccc2N1c1ccc(N(CCCl)CCCl)c(C(N)=O)c1. The smallest absolute Gasteiger partial charge is 0.250 e. The number of alkyl halides is 2. The normalized spacial score (nSPS) is 14.6. The summed E-state index contributed by atoms with van der Waals surface area (Å²) in [4.78, 5) is 16.6. The van der Waals surface area contributed by atoms with E-state index in [1.807, 2.05) is 65.2 Å². The van der Waals surface area contributed by atoms with Crippen LogP contribution in [0.15, 0.2) is 54.7 Å². The first-order valence-corrected chi connectivity index (χ1v) is 11.9. The second-order valence-electron chi connectivity index (χ2n) is 8.04. The summed E-state index contributed by atoms with van der Waals surface area (Å²) >= 11 is 12.0. The van der Waals surface area contributed by atoms with Crippen LogP contribution < -0.4 is 26.6 Å². The van der Waals surface area contributed by atoms with Crippen molar-refractivity contribution in [3.8, 4) is 0 Å². The number of carbonyl (C=O) groups excluding carboxylic acids is 1. The average molecular weight is 500 g/mol. The van der Waals surface area contributed by atoms with Crippen molar-refractivity contribution >= 4 is 57.7 Å². The maximum atomic E-state index is 12.5. The number of anilines is 4. The lowest BCUT2D eigenvalue weighted by Crippen LogP contribution is -2.31. The van der Waals surface area contributed by atoms with Gasteiger partial charge in [-0.3, -0.25) is 10.2 Å². The highest BCUT2D eigenvalue weighted by Gasteiger charge is 2.33. The van der Waals surface area contributed by atoms with Crippen molar-refractivity contribution in [1.82, 2.24) is 4.57 Å². The molecular weight excluding hydrogens is 473 g/mol. The number of nitrogens with one attached hydrogen (secondary N) is 2. The summed E-state index contributed by atoms with van der Waals surface area (Å²) in [6.07, 6.45) is 1.54. The first-order valence-electron chi connectivity index (χ1n) is 10.8. The Balaban J connectivity index is 1.83. The molecule has 10 heteroatoms. The Labute approximate surface area is 208 Å². The third-order valence-electron chi connectivity index (χ3n) is 5.92. The van der Waals surface area contributed by atoms with Gasteiger partial charge in [-0.2, -0.15) is 0 Å². The fourth-order valence-electron chi connectivity index (χ4n) is 4.36. The summed E-state index contributed by atoms with van der Waals surface area (Å²) in [5.41, 5.74) is 16.9. The van der Waals surface area contributed by atoms with Gasteiger partial charge in [-0.15, -0.1) is 23.2 Å². The van der Waals surface area contributed by atoms with Crippen LogP contribution in [0.2, 0.25) is 0 Å². The van der Waals surface area contributed by atoms with Gasteiger partial charge in [-0.05, 0) is 36.4 Å². The fourth-order valence-corrected chi connectivity index (χ4v) is 4.76. The molecule has 34 heavy (non-hydrogen) atoms. The van der Waals surface area contributed by atoms with Crippen molar-refractivity contribution < 1.29 is 4.79 Å². The van der Waals surface area contributed by atoms with Crippen LogP contribution in [0.25, 0.3) is 0 Å². The number of rotatable bonds is 9. The molecule has 0 aliphatic carbocycles. The molecule has 0 radical (unpaired) electrons. The number of amidine groups is 1. The monoisotopic (exact) mass is 499 g/mol. The molecule has 1 unspecified atom stereocenters. The molecule has 2 aromatic carbocycles. The van der Waals surface area contributed by atoms with E-state index in [2.05, 4.69) is 10.2 Å². The number of nitrogens with two attached hydrogens (primary N) is 2. The van der Waals surface area contributed by atoms with Gasteiger partial charge in [-0.1, -0.05) is 12.1 Å². The van der Waals surface area contributed by atoms with Gasteiger partial charge in [0.1, 0.15) is 12.0 Å². The summed E-state index contributed by atoms with van der Waals surface area (Å²) in [7, 11) is 1.92. The largest absolute Gasteiger partial charge is 0.384 e. The zero-order valence-electron chi connectivity index (χ0n) is 18.8. The molecule has 0 saturated heterocycles. The van der Waals surface area contributed by atoms with Crippen molar-refractivity contribution in [2.45, 2.75) is 6.17 Å². The Kier molecular flexibility index (Phi) is 6.90. The highest BCUT2D eigenvalue weighted by Crippen LogP contribution is 2.46. The lowest BCUT2D eigenvalue weighted by atomic mass is 10.1. The van der Waals surface area contributed by atoms with E-state index in [4.69, 9.17) is 40.1 Å². The summed E-state index contributed by atoms with van der Waals surface area (Å²) in [6, 6.07) is 15.5. The van der Waals surface area contributed by atoms with Crippen LogP contribution in [0, 0.1) is 5.41 Å². The first-order chi connectivity index (χ1) is 16.3. The maximum Gasteiger partial charge on any atom is 0.250 e. The van der Waals surface area contributed by atoms with Crippen LogP contribution in [-0.2, 0) is 7.05 Å².